The third-order valence-electron chi connectivity index (χ3n) is 4.33. The number of hydrogen-bond donors (Lipinski definition) is 0. The van der Waals surface area contributed by atoms with E-state index < -0.39 is 10.0 Å². The molecule has 7 nitrogen and oxygen atoms in total. The summed E-state index contributed by atoms with van der Waals surface area (Å²) in [6.45, 7) is 4.94. The Kier molecular flexibility index (Phi) is 5.82. The lowest BCUT2D eigenvalue weighted by Gasteiger charge is -2.33. The second-order valence-corrected chi connectivity index (χ2v) is 8.30. The smallest absolute Gasteiger partial charge is 0.247 e. The third-order valence-corrected chi connectivity index (χ3v) is 6.28. The first-order valence-corrected chi connectivity index (χ1v) is 10.3. The molecule has 0 atom stereocenters. The Morgan fingerprint density at radius 3 is 2.48 bits per heavy atom. The topological polar surface area (TPSA) is 79.5 Å². The number of hydrogen-bond acceptors (Lipinski definition) is 6. The van der Waals surface area contributed by atoms with Gasteiger partial charge in [-0.3, -0.25) is 4.90 Å². The van der Waals surface area contributed by atoms with Crippen LogP contribution in [0.2, 0.25) is 0 Å². The lowest BCUT2D eigenvalue weighted by molar-refractivity contribution is 0.168. The summed E-state index contributed by atoms with van der Waals surface area (Å²) in [5.41, 5.74) is 0.896. The maximum Gasteiger partial charge on any atom is 0.247 e. The Morgan fingerprint density at radius 1 is 1.08 bits per heavy atom. The zero-order chi connectivity index (χ0) is 17.7. The molecule has 1 fully saturated rings. The Balaban J connectivity index is 1.54. The van der Waals surface area contributed by atoms with E-state index in [9.17, 15) is 8.42 Å². The average Bonchev–Trinajstić information content (AvgIpc) is 3.10. The molecule has 0 aliphatic carbocycles. The van der Waals surface area contributed by atoms with Crippen LogP contribution in [-0.4, -0.2) is 59.8 Å². The predicted octanol–water partition coefficient (Wildman–Crippen LogP) is 1.98. The first kappa shape index (κ1) is 18.0. The predicted molar refractivity (Wildman–Crippen MR) is 95.3 cm³/mol. The summed E-state index contributed by atoms with van der Waals surface area (Å²) in [6, 6.07) is 9.65. The molecular weight excluding hydrogens is 340 g/mol. The molecule has 1 aromatic heterocycles. The molecule has 1 aromatic carbocycles. The second-order valence-electron chi connectivity index (χ2n) is 6.21. The van der Waals surface area contributed by atoms with Gasteiger partial charge in [0, 0.05) is 31.7 Å². The minimum absolute atomic E-state index is 0.244. The Morgan fingerprint density at radius 2 is 1.80 bits per heavy atom. The Bertz CT molecular complexity index is 768. The number of piperazine rings is 1. The van der Waals surface area contributed by atoms with Crippen LogP contribution in [0.15, 0.2) is 34.7 Å². The molecule has 0 amide bonds. The van der Waals surface area contributed by atoms with Gasteiger partial charge in [0.2, 0.25) is 21.8 Å². The lowest BCUT2D eigenvalue weighted by atomic mass is 10.2. The molecule has 136 valence electrons. The summed E-state index contributed by atoms with van der Waals surface area (Å²) in [5.74, 6) is 1.31. The van der Waals surface area contributed by atoms with Gasteiger partial charge in [-0.2, -0.15) is 4.31 Å². The van der Waals surface area contributed by atoms with Crippen molar-refractivity contribution in [2.75, 3.05) is 31.9 Å². The molecule has 0 bridgehead atoms. The van der Waals surface area contributed by atoms with E-state index in [4.69, 9.17) is 4.42 Å². The maximum absolute atomic E-state index is 12.2. The minimum atomic E-state index is -3.12. The van der Waals surface area contributed by atoms with Crippen LogP contribution in [0.4, 0.5) is 0 Å². The van der Waals surface area contributed by atoms with Crippen LogP contribution < -0.4 is 0 Å². The molecule has 1 aliphatic rings. The Hall–Kier alpha value is -1.77. The molecule has 1 saturated heterocycles. The van der Waals surface area contributed by atoms with Crippen molar-refractivity contribution in [3.05, 3.63) is 36.2 Å². The molecule has 1 aliphatic heterocycles. The van der Waals surface area contributed by atoms with Crippen molar-refractivity contribution in [2.24, 2.45) is 0 Å². The monoisotopic (exact) mass is 364 g/mol. The van der Waals surface area contributed by atoms with Gasteiger partial charge in [0.05, 0.1) is 12.3 Å². The van der Waals surface area contributed by atoms with Gasteiger partial charge in [-0.1, -0.05) is 31.5 Å². The van der Waals surface area contributed by atoms with Crippen LogP contribution in [0.1, 0.15) is 25.7 Å². The zero-order valence-electron chi connectivity index (χ0n) is 14.5. The molecule has 0 radical (unpaired) electrons. The van der Waals surface area contributed by atoms with E-state index in [-0.39, 0.29) is 5.75 Å². The van der Waals surface area contributed by atoms with Crippen LogP contribution in [-0.2, 0) is 16.6 Å². The molecule has 25 heavy (non-hydrogen) atoms. The molecule has 0 N–H and O–H groups in total. The van der Waals surface area contributed by atoms with E-state index in [1.54, 1.807) is 4.31 Å². The Labute approximate surface area is 148 Å². The second kappa shape index (κ2) is 8.07. The standard InChI is InChI=1S/C17H24N4O3S/c1-2-3-13-25(22,23)21-11-9-20(10-12-21)14-16-18-19-17(24-16)15-7-5-4-6-8-15/h4-8H,2-3,9-14H2,1H3. The summed E-state index contributed by atoms with van der Waals surface area (Å²) in [4.78, 5) is 2.15. The molecule has 0 unspecified atom stereocenters. The fourth-order valence-corrected chi connectivity index (χ4v) is 4.46. The van der Waals surface area contributed by atoms with Crippen molar-refractivity contribution >= 4 is 10.0 Å². The fourth-order valence-electron chi connectivity index (χ4n) is 2.83. The first-order chi connectivity index (χ1) is 12.1. The van der Waals surface area contributed by atoms with Gasteiger partial charge in [0.15, 0.2) is 0 Å². The van der Waals surface area contributed by atoms with E-state index in [0.717, 1.165) is 12.0 Å². The highest BCUT2D eigenvalue weighted by Gasteiger charge is 2.27. The highest BCUT2D eigenvalue weighted by Crippen LogP contribution is 2.18. The summed E-state index contributed by atoms with van der Waals surface area (Å²) in [5, 5.41) is 8.20. The number of nitrogens with zero attached hydrogens (tertiary/aromatic N) is 4. The molecule has 2 aromatic rings. The van der Waals surface area contributed by atoms with Gasteiger partial charge in [-0.05, 0) is 18.6 Å². The van der Waals surface area contributed by atoms with E-state index >= 15 is 0 Å². The molecule has 0 spiro atoms. The SMILES string of the molecule is CCCCS(=O)(=O)N1CCN(Cc2nnc(-c3ccccc3)o2)CC1. The molecule has 0 saturated carbocycles. The van der Waals surface area contributed by atoms with Crippen LogP contribution in [0.3, 0.4) is 0 Å². The molecule has 3 rings (SSSR count). The van der Waals surface area contributed by atoms with Gasteiger partial charge < -0.3 is 4.42 Å². The number of benzene rings is 1. The van der Waals surface area contributed by atoms with Gasteiger partial charge in [0.25, 0.3) is 0 Å². The largest absolute Gasteiger partial charge is 0.419 e. The summed E-state index contributed by atoms with van der Waals surface area (Å²) in [7, 11) is -3.12. The van der Waals surface area contributed by atoms with Crippen molar-refractivity contribution in [3.63, 3.8) is 0 Å². The first-order valence-electron chi connectivity index (χ1n) is 8.66. The van der Waals surface area contributed by atoms with Gasteiger partial charge in [-0.25, -0.2) is 8.42 Å². The fraction of sp³-hybridized carbons (Fsp3) is 0.529. The van der Waals surface area contributed by atoms with Crippen molar-refractivity contribution in [2.45, 2.75) is 26.3 Å². The highest BCUT2D eigenvalue weighted by atomic mass is 32.2. The summed E-state index contributed by atoms with van der Waals surface area (Å²) < 4.78 is 31.8. The van der Waals surface area contributed by atoms with Gasteiger partial charge in [0.1, 0.15) is 0 Å². The van der Waals surface area contributed by atoms with Crippen LogP contribution in [0, 0.1) is 0 Å². The molecule has 8 heteroatoms. The van der Waals surface area contributed by atoms with Gasteiger partial charge in [-0.15, -0.1) is 10.2 Å². The zero-order valence-corrected chi connectivity index (χ0v) is 15.3. The van der Waals surface area contributed by atoms with E-state index in [0.29, 0.717) is 50.9 Å². The molecular formula is C17H24N4O3S. The van der Waals surface area contributed by atoms with E-state index in [1.165, 1.54) is 0 Å². The quantitative estimate of drug-likeness (QED) is 0.747. The number of aromatic nitrogens is 2. The normalized spacial score (nSPS) is 17.0. The third kappa shape index (κ3) is 4.65. The maximum atomic E-state index is 12.2. The number of unbranched alkanes of at least 4 members (excludes halogenated alkanes) is 1. The number of sulfonamides is 1. The highest BCUT2D eigenvalue weighted by molar-refractivity contribution is 7.89. The average molecular weight is 364 g/mol. The lowest BCUT2D eigenvalue weighted by Crippen LogP contribution is -2.48. The van der Waals surface area contributed by atoms with Crippen LogP contribution in [0.5, 0.6) is 0 Å². The summed E-state index contributed by atoms with van der Waals surface area (Å²) in [6.07, 6.45) is 1.60. The number of rotatable bonds is 7. The molecule has 2 heterocycles. The van der Waals surface area contributed by atoms with Crippen LogP contribution in [0.25, 0.3) is 11.5 Å². The van der Waals surface area contributed by atoms with Crippen molar-refractivity contribution in [1.29, 1.82) is 0 Å². The van der Waals surface area contributed by atoms with E-state index in [2.05, 4.69) is 15.1 Å². The van der Waals surface area contributed by atoms with Crippen molar-refractivity contribution in [3.8, 4) is 11.5 Å². The van der Waals surface area contributed by atoms with Crippen LogP contribution >= 0.6 is 0 Å². The minimum Gasteiger partial charge on any atom is -0.419 e. The van der Waals surface area contributed by atoms with E-state index in [1.807, 2.05) is 37.3 Å². The van der Waals surface area contributed by atoms with Crippen molar-refractivity contribution < 1.29 is 12.8 Å². The van der Waals surface area contributed by atoms with Gasteiger partial charge >= 0.3 is 0 Å². The van der Waals surface area contributed by atoms with Crippen molar-refractivity contribution in [1.82, 2.24) is 19.4 Å². The summed E-state index contributed by atoms with van der Waals surface area (Å²) >= 11 is 0.